The molecule has 0 spiro atoms. The third-order valence-corrected chi connectivity index (χ3v) is 2.13. The maximum atomic E-state index is 11.1. The molecule has 0 fully saturated rings. The fraction of sp³-hybridized carbons (Fsp3) is 0.400. The summed E-state index contributed by atoms with van der Waals surface area (Å²) in [6.45, 7) is 1.63. The van der Waals surface area contributed by atoms with Crippen LogP contribution in [0.2, 0.25) is 0 Å². The molecule has 5 nitrogen and oxygen atoms in total. The number of nitrogens with two attached hydrogens (primary N) is 1. The van der Waals surface area contributed by atoms with Crippen LogP contribution in [0.1, 0.15) is 23.0 Å². The molecule has 1 aromatic heterocycles. The number of carbonyl (C=O) groups excluding carboxylic acids is 1. The molecule has 1 atom stereocenters. The minimum absolute atomic E-state index is 0.0670. The Bertz CT molecular complexity index is 346. The summed E-state index contributed by atoms with van der Waals surface area (Å²) in [7, 11) is 1.30. The molecule has 15 heavy (non-hydrogen) atoms. The fourth-order valence-corrected chi connectivity index (χ4v) is 1.06. The Morgan fingerprint density at radius 3 is 2.73 bits per heavy atom. The van der Waals surface area contributed by atoms with Crippen molar-refractivity contribution in [1.82, 2.24) is 4.98 Å². The maximum absolute atomic E-state index is 11.1. The second-order valence-electron chi connectivity index (χ2n) is 3.40. The molecule has 0 aliphatic heterocycles. The van der Waals surface area contributed by atoms with Crippen LogP contribution in [0.25, 0.3) is 0 Å². The maximum Gasteiger partial charge on any atom is 0.339 e. The first kappa shape index (κ1) is 11.6. The summed E-state index contributed by atoms with van der Waals surface area (Å²) < 4.78 is 4.52. The third kappa shape index (κ3) is 2.51. The average molecular weight is 210 g/mol. The number of aliphatic hydroxyl groups is 1. The first-order valence-corrected chi connectivity index (χ1v) is 4.48. The lowest BCUT2D eigenvalue weighted by Crippen LogP contribution is -2.32. The van der Waals surface area contributed by atoms with Crippen molar-refractivity contribution in [3.05, 3.63) is 29.6 Å². The molecule has 0 aliphatic carbocycles. The van der Waals surface area contributed by atoms with E-state index in [4.69, 9.17) is 5.73 Å². The van der Waals surface area contributed by atoms with Gasteiger partial charge in [-0.05, 0) is 19.1 Å². The second-order valence-corrected chi connectivity index (χ2v) is 3.40. The first-order chi connectivity index (χ1) is 7.01. The Hall–Kier alpha value is -1.46. The molecular formula is C10H14N2O3. The lowest BCUT2D eigenvalue weighted by molar-refractivity contribution is 0.0584. The zero-order chi connectivity index (χ0) is 11.5. The highest BCUT2D eigenvalue weighted by Crippen LogP contribution is 2.16. The highest BCUT2D eigenvalue weighted by Gasteiger charge is 2.22. The summed E-state index contributed by atoms with van der Waals surface area (Å²) in [6.07, 6.45) is 1.35. The zero-order valence-corrected chi connectivity index (χ0v) is 8.73. The summed E-state index contributed by atoms with van der Waals surface area (Å²) >= 11 is 0. The van der Waals surface area contributed by atoms with Crippen LogP contribution in [0.5, 0.6) is 0 Å². The van der Waals surface area contributed by atoms with Gasteiger partial charge in [-0.2, -0.15) is 0 Å². The Morgan fingerprint density at radius 1 is 1.67 bits per heavy atom. The van der Waals surface area contributed by atoms with Crippen LogP contribution in [-0.4, -0.2) is 29.7 Å². The number of hydrogen-bond donors (Lipinski definition) is 2. The van der Waals surface area contributed by atoms with Gasteiger partial charge < -0.3 is 15.6 Å². The van der Waals surface area contributed by atoms with Gasteiger partial charge >= 0.3 is 5.97 Å². The van der Waals surface area contributed by atoms with Crippen molar-refractivity contribution >= 4 is 5.97 Å². The standard InChI is InChI=1S/C10H14N2O3/c1-10(14,6-11)8-4-3-7(5-12-8)9(13)15-2/h3-5,14H,6,11H2,1-2H3. The van der Waals surface area contributed by atoms with E-state index < -0.39 is 11.6 Å². The van der Waals surface area contributed by atoms with E-state index in [1.807, 2.05) is 0 Å². The molecule has 1 unspecified atom stereocenters. The molecule has 5 heteroatoms. The van der Waals surface area contributed by atoms with Crippen LogP contribution in [0.3, 0.4) is 0 Å². The normalized spacial score (nSPS) is 14.4. The minimum atomic E-state index is -1.17. The van der Waals surface area contributed by atoms with Crippen LogP contribution in [0.4, 0.5) is 0 Å². The van der Waals surface area contributed by atoms with Crippen molar-refractivity contribution in [1.29, 1.82) is 0 Å². The summed E-state index contributed by atoms with van der Waals surface area (Å²) in [5.74, 6) is -0.457. The summed E-state index contributed by atoms with van der Waals surface area (Å²) in [6, 6.07) is 3.09. The van der Waals surface area contributed by atoms with Crippen molar-refractivity contribution in [3.8, 4) is 0 Å². The highest BCUT2D eigenvalue weighted by atomic mass is 16.5. The van der Waals surface area contributed by atoms with E-state index in [0.717, 1.165) is 0 Å². The molecule has 0 saturated heterocycles. The Balaban J connectivity index is 2.95. The number of carbonyl (C=O) groups is 1. The number of nitrogens with zero attached hydrogens (tertiary/aromatic N) is 1. The Morgan fingerprint density at radius 2 is 2.33 bits per heavy atom. The van der Waals surface area contributed by atoms with Crippen molar-refractivity contribution in [3.63, 3.8) is 0 Å². The molecule has 3 N–H and O–H groups in total. The predicted molar refractivity (Wildman–Crippen MR) is 54.2 cm³/mol. The van der Waals surface area contributed by atoms with E-state index in [1.54, 1.807) is 13.0 Å². The van der Waals surface area contributed by atoms with Crippen molar-refractivity contribution in [2.45, 2.75) is 12.5 Å². The first-order valence-electron chi connectivity index (χ1n) is 4.48. The number of aromatic nitrogens is 1. The van der Waals surface area contributed by atoms with E-state index in [-0.39, 0.29) is 6.54 Å². The fourth-order valence-electron chi connectivity index (χ4n) is 1.06. The molecular weight excluding hydrogens is 196 g/mol. The summed E-state index contributed by atoms with van der Waals surface area (Å²) in [5.41, 5.74) is 4.98. The van der Waals surface area contributed by atoms with Crippen LogP contribution in [0, 0.1) is 0 Å². The topological polar surface area (TPSA) is 85.4 Å². The third-order valence-electron chi connectivity index (χ3n) is 2.13. The van der Waals surface area contributed by atoms with E-state index in [2.05, 4.69) is 9.72 Å². The van der Waals surface area contributed by atoms with Gasteiger partial charge in [0.25, 0.3) is 0 Å². The Labute approximate surface area is 87.9 Å². The molecule has 0 radical (unpaired) electrons. The molecule has 1 heterocycles. The molecule has 0 saturated carbocycles. The average Bonchev–Trinajstić information content (AvgIpc) is 2.28. The van der Waals surface area contributed by atoms with Gasteiger partial charge in [0.05, 0.1) is 18.4 Å². The molecule has 0 aromatic carbocycles. The summed E-state index contributed by atoms with van der Waals surface area (Å²) in [5, 5.41) is 9.78. The van der Waals surface area contributed by atoms with E-state index in [9.17, 15) is 9.90 Å². The van der Waals surface area contributed by atoms with Gasteiger partial charge in [0.1, 0.15) is 5.60 Å². The second kappa shape index (κ2) is 4.37. The van der Waals surface area contributed by atoms with Crippen molar-refractivity contribution in [2.75, 3.05) is 13.7 Å². The van der Waals surface area contributed by atoms with Crippen LogP contribution >= 0.6 is 0 Å². The van der Waals surface area contributed by atoms with E-state index in [0.29, 0.717) is 11.3 Å². The van der Waals surface area contributed by atoms with Crippen molar-refractivity contribution in [2.24, 2.45) is 5.73 Å². The predicted octanol–water partition coefficient (Wildman–Crippen LogP) is 0.0344. The quantitative estimate of drug-likeness (QED) is 0.688. The van der Waals surface area contributed by atoms with E-state index in [1.165, 1.54) is 19.4 Å². The van der Waals surface area contributed by atoms with Gasteiger partial charge in [-0.1, -0.05) is 0 Å². The van der Waals surface area contributed by atoms with Crippen molar-refractivity contribution < 1.29 is 14.6 Å². The number of esters is 1. The van der Waals surface area contributed by atoms with Gasteiger partial charge in [0.2, 0.25) is 0 Å². The van der Waals surface area contributed by atoms with Gasteiger partial charge in [-0.15, -0.1) is 0 Å². The number of methoxy groups -OCH3 is 1. The summed E-state index contributed by atoms with van der Waals surface area (Å²) in [4.78, 5) is 15.1. The van der Waals surface area contributed by atoms with Gasteiger partial charge in [0.15, 0.2) is 0 Å². The number of hydrogen-bond acceptors (Lipinski definition) is 5. The minimum Gasteiger partial charge on any atom is -0.465 e. The largest absolute Gasteiger partial charge is 0.465 e. The monoisotopic (exact) mass is 210 g/mol. The number of rotatable bonds is 3. The van der Waals surface area contributed by atoms with Gasteiger partial charge in [-0.3, -0.25) is 4.98 Å². The zero-order valence-electron chi connectivity index (χ0n) is 8.73. The van der Waals surface area contributed by atoms with Crippen LogP contribution in [0.15, 0.2) is 18.3 Å². The lowest BCUT2D eigenvalue weighted by Gasteiger charge is -2.20. The molecule has 1 rings (SSSR count). The highest BCUT2D eigenvalue weighted by molar-refractivity contribution is 5.88. The molecule has 0 aliphatic rings. The molecule has 0 bridgehead atoms. The molecule has 1 aromatic rings. The van der Waals surface area contributed by atoms with E-state index >= 15 is 0 Å². The molecule has 82 valence electrons. The van der Waals surface area contributed by atoms with Gasteiger partial charge in [0, 0.05) is 12.7 Å². The smallest absolute Gasteiger partial charge is 0.339 e. The van der Waals surface area contributed by atoms with Crippen LogP contribution in [-0.2, 0) is 10.3 Å². The van der Waals surface area contributed by atoms with Gasteiger partial charge in [-0.25, -0.2) is 4.79 Å². The lowest BCUT2D eigenvalue weighted by atomic mass is 10.0. The number of pyridine rings is 1. The number of ether oxygens (including phenoxy) is 1. The Kier molecular flexibility index (Phi) is 3.39. The SMILES string of the molecule is COC(=O)c1ccc(C(C)(O)CN)nc1. The molecule has 0 amide bonds. The van der Waals surface area contributed by atoms with Crippen LogP contribution < -0.4 is 5.73 Å².